The summed E-state index contributed by atoms with van der Waals surface area (Å²) >= 11 is 0. The van der Waals surface area contributed by atoms with Gasteiger partial charge in [0.2, 0.25) is 5.91 Å². The number of morpholine rings is 1. The third kappa shape index (κ3) is 7.13. The van der Waals surface area contributed by atoms with Crippen molar-refractivity contribution in [1.29, 1.82) is 0 Å². The number of nitrogens with zero attached hydrogens (tertiary/aromatic N) is 1. The summed E-state index contributed by atoms with van der Waals surface area (Å²) in [7, 11) is 1.60. The van der Waals surface area contributed by atoms with Gasteiger partial charge in [0, 0.05) is 38.8 Å². The van der Waals surface area contributed by atoms with Gasteiger partial charge in [0.1, 0.15) is 0 Å². The van der Waals surface area contributed by atoms with Crippen LogP contribution in [0.15, 0.2) is 0 Å². The Morgan fingerprint density at radius 2 is 1.92 bits per heavy atom. The van der Waals surface area contributed by atoms with Crippen molar-refractivity contribution in [3.8, 4) is 0 Å². The van der Waals surface area contributed by atoms with E-state index in [1.165, 1.54) is 19.3 Å². The molecule has 2 rings (SSSR count). The number of ether oxygens (including phenoxy) is 2. The lowest BCUT2D eigenvalue weighted by Gasteiger charge is -2.51. The fourth-order valence-electron chi connectivity index (χ4n) is 4.04. The van der Waals surface area contributed by atoms with Crippen LogP contribution in [0.4, 0.5) is 0 Å². The second kappa shape index (κ2) is 11.7. The Hall–Kier alpha value is -0.110. The maximum Gasteiger partial charge on any atom is 0.222 e. The van der Waals surface area contributed by atoms with Crippen LogP contribution in [-0.4, -0.2) is 67.9 Å². The van der Waals surface area contributed by atoms with E-state index in [-0.39, 0.29) is 48.0 Å². The monoisotopic (exact) mass is 413 g/mol. The number of hydrogen-bond acceptors (Lipinski definition) is 5. The molecule has 3 N–H and O–H groups in total. The summed E-state index contributed by atoms with van der Waals surface area (Å²) in [6, 6.07) is 0. The van der Waals surface area contributed by atoms with E-state index in [2.05, 4.69) is 24.1 Å². The fourth-order valence-corrected chi connectivity index (χ4v) is 4.04. The van der Waals surface area contributed by atoms with Gasteiger partial charge in [-0.05, 0) is 26.7 Å². The van der Waals surface area contributed by atoms with Gasteiger partial charge >= 0.3 is 0 Å². The Balaban J connectivity index is 0.00000312. The zero-order valence-electron chi connectivity index (χ0n) is 16.4. The van der Waals surface area contributed by atoms with Crippen molar-refractivity contribution in [2.75, 3.05) is 39.9 Å². The van der Waals surface area contributed by atoms with Gasteiger partial charge < -0.3 is 20.5 Å². The molecule has 8 heteroatoms. The lowest BCUT2D eigenvalue weighted by atomic mass is 9.79. The minimum absolute atomic E-state index is 0. The number of nitrogens with two attached hydrogens (primary N) is 1. The van der Waals surface area contributed by atoms with E-state index in [1.807, 2.05) is 0 Å². The van der Waals surface area contributed by atoms with Crippen molar-refractivity contribution in [3.63, 3.8) is 0 Å². The molecule has 2 aliphatic rings. The van der Waals surface area contributed by atoms with Gasteiger partial charge in [-0.25, -0.2) is 0 Å². The zero-order chi connectivity index (χ0) is 17.6. The molecule has 156 valence electrons. The average Bonchev–Trinajstić information content (AvgIpc) is 2.58. The fraction of sp³-hybridized carbons (Fsp3) is 0.944. The van der Waals surface area contributed by atoms with Crippen molar-refractivity contribution in [3.05, 3.63) is 0 Å². The van der Waals surface area contributed by atoms with Crippen LogP contribution < -0.4 is 11.1 Å². The molecule has 0 spiro atoms. The normalized spacial score (nSPS) is 23.2. The second-order valence-corrected chi connectivity index (χ2v) is 7.89. The number of carbonyl (C=O) groups excluding carboxylic acids is 1. The average molecular weight is 414 g/mol. The molecule has 1 saturated heterocycles. The van der Waals surface area contributed by atoms with E-state index < -0.39 is 0 Å². The van der Waals surface area contributed by atoms with E-state index in [9.17, 15) is 4.79 Å². The van der Waals surface area contributed by atoms with Crippen molar-refractivity contribution < 1.29 is 14.3 Å². The molecule has 1 heterocycles. The standard InChI is InChI=1S/C18H35N3O3.2ClH/c1-17(2)14-21(9-10-24-17)18(7-5-4-6-8-18)13-20-16(22)11-15(12-19)23-3;;/h15H,4-14,19H2,1-3H3,(H,20,22);2*1H. The minimum atomic E-state index is -0.199. The molecule has 1 amide bonds. The smallest absolute Gasteiger partial charge is 0.222 e. The quantitative estimate of drug-likeness (QED) is 0.668. The van der Waals surface area contributed by atoms with Crippen LogP contribution in [0.3, 0.4) is 0 Å². The summed E-state index contributed by atoms with van der Waals surface area (Å²) < 4.78 is 11.1. The lowest BCUT2D eigenvalue weighted by molar-refractivity contribution is -0.130. The molecule has 1 aliphatic carbocycles. The highest BCUT2D eigenvalue weighted by Gasteiger charge is 2.42. The number of nitrogens with one attached hydrogen (secondary N) is 1. The molecule has 26 heavy (non-hydrogen) atoms. The molecule has 0 aromatic carbocycles. The maximum absolute atomic E-state index is 12.3. The van der Waals surface area contributed by atoms with Gasteiger partial charge in [-0.2, -0.15) is 0 Å². The second-order valence-electron chi connectivity index (χ2n) is 7.89. The predicted molar refractivity (Wildman–Crippen MR) is 109 cm³/mol. The molecule has 2 fully saturated rings. The summed E-state index contributed by atoms with van der Waals surface area (Å²) in [6.07, 6.45) is 6.19. The van der Waals surface area contributed by atoms with Crippen LogP contribution >= 0.6 is 24.8 Å². The molecule has 0 radical (unpaired) electrons. The van der Waals surface area contributed by atoms with Gasteiger partial charge in [-0.1, -0.05) is 19.3 Å². The first-order chi connectivity index (χ1) is 11.4. The number of halogens is 2. The maximum atomic E-state index is 12.3. The molecule has 1 atom stereocenters. The summed E-state index contributed by atoms with van der Waals surface area (Å²) in [6.45, 7) is 8.02. The summed E-state index contributed by atoms with van der Waals surface area (Å²) in [5.74, 6) is 0.0322. The topological polar surface area (TPSA) is 76.8 Å². The Kier molecular flexibility index (Phi) is 11.6. The SMILES string of the molecule is COC(CN)CC(=O)NCC1(N2CCOC(C)(C)C2)CCCCC1.Cl.Cl. The van der Waals surface area contributed by atoms with E-state index in [0.29, 0.717) is 19.5 Å². The molecule has 1 aliphatic heterocycles. The third-order valence-corrected chi connectivity index (χ3v) is 5.50. The number of hydrogen-bond donors (Lipinski definition) is 2. The zero-order valence-corrected chi connectivity index (χ0v) is 18.1. The van der Waals surface area contributed by atoms with E-state index in [0.717, 1.165) is 32.5 Å². The first-order valence-electron chi connectivity index (χ1n) is 9.29. The van der Waals surface area contributed by atoms with E-state index in [1.54, 1.807) is 7.11 Å². The van der Waals surface area contributed by atoms with Crippen LogP contribution in [0.1, 0.15) is 52.4 Å². The molecule has 1 saturated carbocycles. The van der Waals surface area contributed by atoms with Gasteiger partial charge in [-0.15, -0.1) is 24.8 Å². The largest absolute Gasteiger partial charge is 0.380 e. The van der Waals surface area contributed by atoms with Crippen LogP contribution in [0.5, 0.6) is 0 Å². The predicted octanol–water partition coefficient (Wildman–Crippen LogP) is 2.12. The Labute approximate surface area is 170 Å². The van der Waals surface area contributed by atoms with Crippen molar-refractivity contribution in [2.45, 2.75) is 69.6 Å². The number of rotatable bonds is 7. The summed E-state index contributed by atoms with van der Waals surface area (Å²) in [5, 5.41) is 3.16. The van der Waals surface area contributed by atoms with Crippen LogP contribution in [0.2, 0.25) is 0 Å². The van der Waals surface area contributed by atoms with Crippen molar-refractivity contribution in [2.24, 2.45) is 5.73 Å². The molecule has 1 unspecified atom stereocenters. The summed E-state index contributed by atoms with van der Waals surface area (Å²) in [5.41, 5.74) is 5.57. The number of carbonyl (C=O) groups is 1. The molecule has 0 aromatic rings. The van der Waals surface area contributed by atoms with Crippen LogP contribution in [0.25, 0.3) is 0 Å². The Morgan fingerprint density at radius 1 is 1.27 bits per heavy atom. The summed E-state index contributed by atoms with van der Waals surface area (Å²) in [4.78, 5) is 14.8. The van der Waals surface area contributed by atoms with Gasteiger partial charge in [0.25, 0.3) is 0 Å². The van der Waals surface area contributed by atoms with Gasteiger partial charge in [0.15, 0.2) is 0 Å². The molecule has 6 nitrogen and oxygen atoms in total. The Morgan fingerprint density at radius 3 is 2.46 bits per heavy atom. The highest BCUT2D eigenvalue weighted by molar-refractivity contribution is 5.85. The number of amides is 1. The number of methoxy groups -OCH3 is 1. The van der Waals surface area contributed by atoms with Gasteiger partial charge in [0.05, 0.1) is 24.7 Å². The van der Waals surface area contributed by atoms with Crippen LogP contribution in [0, 0.1) is 0 Å². The molecule has 0 bridgehead atoms. The Bertz CT molecular complexity index is 414. The molecular weight excluding hydrogens is 377 g/mol. The highest BCUT2D eigenvalue weighted by atomic mass is 35.5. The van der Waals surface area contributed by atoms with E-state index in [4.69, 9.17) is 15.2 Å². The first-order valence-corrected chi connectivity index (χ1v) is 9.29. The molecule has 0 aromatic heterocycles. The van der Waals surface area contributed by atoms with E-state index >= 15 is 0 Å². The first kappa shape index (κ1) is 25.9. The van der Waals surface area contributed by atoms with Crippen molar-refractivity contribution >= 4 is 30.7 Å². The minimum Gasteiger partial charge on any atom is -0.380 e. The van der Waals surface area contributed by atoms with Gasteiger partial charge in [-0.3, -0.25) is 9.69 Å². The van der Waals surface area contributed by atoms with Crippen molar-refractivity contribution in [1.82, 2.24) is 10.2 Å². The molecular formula is C18H37Cl2N3O3. The lowest BCUT2D eigenvalue weighted by Crippen LogP contribution is -2.63. The third-order valence-electron chi connectivity index (χ3n) is 5.50. The van der Waals surface area contributed by atoms with Crippen LogP contribution in [-0.2, 0) is 14.3 Å². The highest BCUT2D eigenvalue weighted by Crippen LogP contribution is 2.36.